The Balaban J connectivity index is 1.99. The van der Waals surface area contributed by atoms with E-state index in [1.165, 1.54) is 4.88 Å². The van der Waals surface area contributed by atoms with E-state index < -0.39 is 10.0 Å². The molecule has 21 heavy (non-hydrogen) atoms. The van der Waals surface area contributed by atoms with Crippen molar-refractivity contribution in [3.63, 3.8) is 0 Å². The summed E-state index contributed by atoms with van der Waals surface area (Å²) in [6, 6.07) is 4.12. The van der Waals surface area contributed by atoms with Gasteiger partial charge < -0.3 is 4.74 Å². The van der Waals surface area contributed by atoms with Crippen LogP contribution in [0.2, 0.25) is 0 Å². The largest absolute Gasteiger partial charge is 0.379 e. The van der Waals surface area contributed by atoms with Crippen LogP contribution in [0.4, 0.5) is 0 Å². The fraction of sp³-hybridized carbons (Fsp3) is 0.692. The Bertz CT molecular complexity index is 501. The highest BCUT2D eigenvalue weighted by molar-refractivity contribution is 7.89. The van der Waals surface area contributed by atoms with Gasteiger partial charge >= 0.3 is 0 Å². The molecule has 1 aromatic heterocycles. The van der Waals surface area contributed by atoms with Crippen molar-refractivity contribution in [1.29, 1.82) is 0 Å². The van der Waals surface area contributed by atoms with Gasteiger partial charge in [0.1, 0.15) is 0 Å². The third-order valence-electron chi connectivity index (χ3n) is 3.40. The van der Waals surface area contributed by atoms with Crippen molar-refractivity contribution in [2.24, 2.45) is 0 Å². The second-order valence-corrected chi connectivity index (χ2v) is 8.17. The molecule has 0 aromatic carbocycles. The number of hydrogen-bond acceptors (Lipinski definition) is 5. The topological polar surface area (TPSA) is 58.6 Å². The first-order chi connectivity index (χ1) is 10.1. The average Bonchev–Trinajstić information content (AvgIpc) is 3.01. The summed E-state index contributed by atoms with van der Waals surface area (Å²) in [6.07, 6.45) is 0.470. The van der Waals surface area contributed by atoms with Gasteiger partial charge in [0.05, 0.1) is 25.0 Å². The standard InChI is InChI=1S/C13H21ClN2O3S2/c14-4-2-10-21(17,18)15-11-12(13-3-1-9-20-13)16-5-7-19-8-6-16/h1,3,9,12,15H,2,4-8,10-11H2. The molecule has 1 saturated heterocycles. The molecule has 0 spiro atoms. The van der Waals surface area contributed by atoms with Crippen molar-refractivity contribution >= 4 is 33.0 Å². The molecule has 0 bridgehead atoms. The van der Waals surface area contributed by atoms with Gasteiger partial charge in [-0.2, -0.15) is 0 Å². The Morgan fingerprint density at radius 3 is 2.81 bits per heavy atom. The SMILES string of the molecule is O=S(=O)(CCCCl)NCC(c1cccs1)N1CCOCC1. The number of hydrogen-bond donors (Lipinski definition) is 1. The number of alkyl halides is 1. The average molecular weight is 353 g/mol. The molecule has 1 atom stereocenters. The Morgan fingerprint density at radius 2 is 2.19 bits per heavy atom. The smallest absolute Gasteiger partial charge is 0.211 e. The van der Waals surface area contributed by atoms with E-state index in [1.54, 1.807) is 11.3 Å². The zero-order chi connectivity index (χ0) is 15.1. The normalized spacial score (nSPS) is 18.7. The Labute approximate surface area is 135 Å². The van der Waals surface area contributed by atoms with Gasteiger partial charge in [0.25, 0.3) is 0 Å². The van der Waals surface area contributed by atoms with Crippen molar-refractivity contribution in [1.82, 2.24) is 9.62 Å². The minimum absolute atomic E-state index is 0.0691. The lowest BCUT2D eigenvalue weighted by Crippen LogP contribution is -2.43. The second kappa shape index (κ2) is 8.45. The first kappa shape index (κ1) is 17.2. The molecule has 2 rings (SSSR count). The third kappa shape index (κ3) is 5.50. The molecule has 0 saturated carbocycles. The zero-order valence-corrected chi connectivity index (χ0v) is 14.2. The molecule has 0 amide bonds. The summed E-state index contributed by atoms with van der Waals surface area (Å²) in [4.78, 5) is 3.45. The lowest BCUT2D eigenvalue weighted by atomic mass is 10.2. The molecule has 0 radical (unpaired) electrons. The van der Waals surface area contributed by atoms with Crippen LogP contribution in [0.3, 0.4) is 0 Å². The lowest BCUT2D eigenvalue weighted by Gasteiger charge is -2.34. The molecule has 1 unspecified atom stereocenters. The highest BCUT2D eigenvalue weighted by Crippen LogP contribution is 2.25. The Kier molecular flexibility index (Phi) is 6.91. The van der Waals surface area contributed by atoms with Gasteiger partial charge in [-0.15, -0.1) is 22.9 Å². The summed E-state index contributed by atoms with van der Waals surface area (Å²) in [5.74, 6) is 0.440. The first-order valence-electron chi connectivity index (χ1n) is 7.01. The van der Waals surface area contributed by atoms with Crippen molar-refractivity contribution in [2.75, 3.05) is 44.5 Å². The fourth-order valence-corrected chi connectivity index (χ4v) is 4.54. The highest BCUT2D eigenvalue weighted by atomic mass is 35.5. The Hall–Kier alpha value is -0.180. The van der Waals surface area contributed by atoms with Crippen LogP contribution in [0.15, 0.2) is 17.5 Å². The number of halogens is 1. The molecule has 1 aliphatic heterocycles. The van der Waals surface area contributed by atoms with Crippen molar-refractivity contribution in [3.05, 3.63) is 22.4 Å². The molecule has 8 heteroatoms. The van der Waals surface area contributed by atoms with Gasteiger partial charge in [-0.25, -0.2) is 13.1 Å². The fourth-order valence-electron chi connectivity index (χ4n) is 2.30. The van der Waals surface area contributed by atoms with Crippen molar-refractivity contribution < 1.29 is 13.2 Å². The third-order valence-corrected chi connectivity index (χ3v) is 6.07. The molecular weight excluding hydrogens is 332 g/mol. The molecule has 1 fully saturated rings. The minimum atomic E-state index is -3.26. The van der Waals surface area contributed by atoms with Gasteiger partial charge in [0.2, 0.25) is 10.0 Å². The van der Waals surface area contributed by atoms with E-state index in [0.717, 1.165) is 13.1 Å². The van der Waals surface area contributed by atoms with Gasteiger partial charge in [-0.05, 0) is 17.9 Å². The molecule has 0 aliphatic carbocycles. The van der Waals surface area contributed by atoms with Crippen molar-refractivity contribution in [2.45, 2.75) is 12.5 Å². The summed E-state index contributed by atoms with van der Waals surface area (Å²) in [5, 5.41) is 2.02. The number of thiophene rings is 1. The van der Waals surface area contributed by atoms with Crippen LogP contribution in [-0.2, 0) is 14.8 Å². The zero-order valence-electron chi connectivity index (χ0n) is 11.8. The molecule has 120 valence electrons. The number of sulfonamides is 1. The van der Waals surface area contributed by atoms with Gasteiger partial charge in [0, 0.05) is 30.4 Å². The van der Waals surface area contributed by atoms with Crippen LogP contribution >= 0.6 is 22.9 Å². The summed E-state index contributed by atoms with van der Waals surface area (Å²) in [7, 11) is -3.26. The molecule has 1 aliphatic rings. The first-order valence-corrected chi connectivity index (χ1v) is 10.1. The predicted molar refractivity (Wildman–Crippen MR) is 86.6 cm³/mol. The molecule has 5 nitrogen and oxygen atoms in total. The predicted octanol–water partition coefficient (Wildman–Crippen LogP) is 1.67. The monoisotopic (exact) mass is 352 g/mol. The maximum atomic E-state index is 11.9. The lowest BCUT2D eigenvalue weighted by molar-refractivity contribution is 0.0179. The van der Waals surface area contributed by atoms with Crippen LogP contribution < -0.4 is 4.72 Å². The highest BCUT2D eigenvalue weighted by Gasteiger charge is 2.24. The number of nitrogens with zero attached hydrogens (tertiary/aromatic N) is 1. The van der Waals surface area contributed by atoms with Crippen LogP contribution in [0.1, 0.15) is 17.3 Å². The minimum Gasteiger partial charge on any atom is -0.379 e. The van der Waals surface area contributed by atoms with E-state index in [0.29, 0.717) is 32.1 Å². The van der Waals surface area contributed by atoms with Gasteiger partial charge in [-0.1, -0.05) is 6.07 Å². The number of nitrogens with one attached hydrogen (secondary N) is 1. The quantitative estimate of drug-likeness (QED) is 0.723. The van der Waals surface area contributed by atoms with E-state index in [9.17, 15) is 8.42 Å². The van der Waals surface area contributed by atoms with Crippen LogP contribution in [0, 0.1) is 0 Å². The number of rotatable bonds is 8. The maximum Gasteiger partial charge on any atom is 0.211 e. The van der Waals surface area contributed by atoms with E-state index in [1.807, 2.05) is 11.4 Å². The Morgan fingerprint density at radius 1 is 1.43 bits per heavy atom. The summed E-state index contributed by atoms with van der Waals surface area (Å²) < 4.78 is 32.0. The maximum absolute atomic E-state index is 11.9. The molecular formula is C13H21ClN2O3S2. The molecule has 1 aromatic rings. The van der Waals surface area contributed by atoms with Gasteiger partial charge in [-0.3, -0.25) is 4.90 Å². The summed E-state index contributed by atoms with van der Waals surface area (Å²) in [6.45, 7) is 3.44. The number of ether oxygens (including phenoxy) is 1. The van der Waals surface area contributed by atoms with E-state index >= 15 is 0 Å². The second-order valence-electron chi connectivity index (χ2n) is 4.89. The van der Waals surface area contributed by atoms with Crippen molar-refractivity contribution in [3.8, 4) is 0 Å². The number of morpholine rings is 1. The molecule has 2 heterocycles. The van der Waals surface area contributed by atoms with Gasteiger partial charge in [0.15, 0.2) is 0 Å². The van der Waals surface area contributed by atoms with E-state index in [2.05, 4.69) is 15.7 Å². The van der Waals surface area contributed by atoms with Crippen LogP contribution in [-0.4, -0.2) is 57.8 Å². The summed E-state index contributed by atoms with van der Waals surface area (Å²) >= 11 is 7.22. The summed E-state index contributed by atoms with van der Waals surface area (Å²) in [5.41, 5.74) is 0. The molecule has 1 N–H and O–H groups in total. The van der Waals surface area contributed by atoms with E-state index in [4.69, 9.17) is 16.3 Å². The van der Waals surface area contributed by atoms with E-state index in [-0.39, 0.29) is 11.8 Å². The van der Waals surface area contributed by atoms with Crippen LogP contribution in [0.25, 0.3) is 0 Å². The van der Waals surface area contributed by atoms with Crippen LogP contribution in [0.5, 0.6) is 0 Å².